The van der Waals surface area contributed by atoms with Crippen LogP contribution in [0.25, 0.3) is 10.9 Å². The van der Waals surface area contributed by atoms with Gasteiger partial charge in [0.1, 0.15) is 11.4 Å². The van der Waals surface area contributed by atoms with Crippen LogP contribution < -0.4 is 5.73 Å². The Morgan fingerprint density at radius 1 is 1.23 bits per heavy atom. The predicted octanol–water partition coefficient (Wildman–Crippen LogP) is 2.47. The standard InChI is InChI=1S/C21H22FN5O2S/c1-13-8-15-6-7-24-18(19(15)25-11-13)10-14-4-5-17(22)16(9-14)21(2)12-30(28,29)27(3)20(23)26-21/h4-9,11H,10,12H2,1-3H3,(H2,23,26)/t21-/m0/s1. The van der Waals surface area contributed by atoms with Gasteiger partial charge in [0, 0.05) is 36.8 Å². The van der Waals surface area contributed by atoms with E-state index in [-0.39, 0.29) is 17.3 Å². The summed E-state index contributed by atoms with van der Waals surface area (Å²) in [7, 11) is -2.36. The summed E-state index contributed by atoms with van der Waals surface area (Å²) < 4.78 is 40.6. The number of rotatable bonds is 3. The third kappa shape index (κ3) is 3.49. The van der Waals surface area contributed by atoms with Crippen LogP contribution in [0.15, 0.2) is 47.7 Å². The van der Waals surface area contributed by atoms with Crippen LogP contribution in [-0.4, -0.2) is 41.5 Å². The molecule has 2 aromatic heterocycles. The maximum absolute atomic E-state index is 14.8. The van der Waals surface area contributed by atoms with Crippen LogP contribution in [0.2, 0.25) is 0 Å². The van der Waals surface area contributed by atoms with Gasteiger partial charge in [0.15, 0.2) is 0 Å². The van der Waals surface area contributed by atoms with Gasteiger partial charge < -0.3 is 5.73 Å². The average Bonchev–Trinajstić information content (AvgIpc) is 2.67. The minimum atomic E-state index is -3.70. The molecule has 7 nitrogen and oxygen atoms in total. The summed E-state index contributed by atoms with van der Waals surface area (Å²) in [4.78, 5) is 13.3. The normalized spacial score (nSPS) is 20.9. The van der Waals surface area contributed by atoms with Gasteiger partial charge in [-0.3, -0.25) is 9.97 Å². The Labute approximate surface area is 174 Å². The molecule has 0 unspecified atom stereocenters. The zero-order valence-electron chi connectivity index (χ0n) is 16.9. The molecular weight excluding hydrogens is 405 g/mol. The second-order valence-corrected chi connectivity index (χ2v) is 9.80. The van der Waals surface area contributed by atoms with Crippen LogP contribution in [0.4, 0.5) is 4.39 Å². The van der Waals surface area contributed by atoms with Crippen LogP contribution in [0.1, 0.15) is 29.3 Å². The molecule has 0 fully saturated rings. The van der Waals surface area contributed by atoms with E-state index in [0.29, 0.717) is 6.42 Å². The molecule has 0 radical (unpaired) electrons. The van der Waals surface area contributed by atoms with Crippen molar-refractivity contribution in [2.45, 2.75) is 25.8 Å². The van der Waals surface area contributed by atoms with Crippen molar-refractivity contribution in [3.63, 3.8) is 0 Å². The quantitative estimate of drug-likeness (QED) is 0.692. The van der Waals surface area contributed by atoms with E-state index in [1.54, 1.807) is 31.5 Å². The van der Waals surface area contributed by atoms with Crippen LogP contribution in [0, 0.1) is 12.7 Å². The van der Waals surface area contributed by atoms with E-state index < -0.39 is 21.4 Å². The molecule has 3 heterocycles. The lowest BCUT2D eigenvalue weighted by Crippen LogP contribution is -2.50. The van der Waals surface area contributed by atoms with Crippen molar-refractivity contribution in [2.24, 2.45) is 10.7 Å². The number of sulfonamides is 1. The molecule has 1 atom stereocenters. The van der Waals surface area contributed by atoms with Crippen LogP contribution in [-0.2, 0) is 22.0 Å². The van der Waals surface area contributed by atoms with Gasteiger partial charge in [-0.25, -0.2) is 22.1 Å². The lowest BCUT2D eigenvalue weighted by Gasteiger charge is -2.34. The largest absolute Gasteiger partial charge is 0.369 e. The highest BCUT2D eigenvalue weighted by Crippen LogP contribution is 2.34. The number of aliphatic imine (C=N–C) groups is 1. The van der Waals surface area contributed by atoms with Crippen molar-refractivity contribution in [2.75, 3.05) is 12.8 Å². The zero-order chi connectivity index (χ0) is 21.7. The second-order valence-electron chi connectivity index (χ2n) is 7.80. The number of aromatic nitrogens is 2. The van der Waals surface area contributed by atoms with Gasteiger partial charge in [-0.15, -0.1) is 0 Å². The highest BCUT2D eigenvalue weighted by atomic mass is 32.2. The molecule has 0 bridgehead atoms. The van der Waals surface area contributed by atoms with Crippen molar-refractivity contribution in [1.29, 1.82) is 0 Å². The Morgan fingerprint density at radius 3 is 2.73 bits per heavy atom. The molecular formula is C21H22FN5O2S. The molecule has 1 aromatic carbocycles. The summed E-state index contributed by atoms with van der Waals surface area (Å²) in [5.74, 6) is -1.06. The first-order valence-electron chi connectivity index (χ1n) is 9.40. The third-order valence-electron chi connectivity index (χ3n) is 5.36. The molecule has 1 aliphatic rings. The average molecular weight is 428 g/mol. The number of aryl methyl sites for hydroxylation is 1. The Kier molecular flexibility index (Phi) is 4.73. The molecule has 0 spiro atoms. The number of pyridine rings is 2. The summed E-state index contributed by atoms with van der Waals surface area (Å²) in [5, 5.41) is 0.980. The van der Waals surface area contributed by atoms with Crippen molar-refractivity contribution in [3.8, 4) is 0 Å². The van der Waals surface area contributed by atoms with Gasteiger partial charge in [0.25, 0.3) is 0 Å². The van der Waals surface area contributed by atoms with Crippen molar-refractivity contribution in [3.05, 3.63) is 70.9 Å². The van der Waals surface area contributed by atoms with E-state index in [2.05, 4.69) is 15.0 Å². The fraction of sp³-hybridized carbons (Fsp3) is 0.286. The van der Waals surface area contributed by atoms with Crippen molar-refractivity contribution >= 4 is 26.9 Å². The van der Waals surface area contributed by atoms with Gasteiger partial charge in [-0.2, -0.15) is 0 Å². The molecule has 0 aliphatic carbocycles. The van der Waals surface area contributed by atoms with Crippen LogP contribution >= 0.6 is 0 Å². The maximum Gasteiger partial charge on any atom is 0.239 e. The molecule has 3 aromatic rings. The fourth-order valence-electron chi connectivity index (χ4n) is 3.73. The smallest absolute Gasteiger partial charge is 0.239 e. The Balaban J connectivity index is 1.77. The van der Waals surface area contributed by atoms with Crippen LogP contribution in [0.5, 0.6) is 0 Å². The lowest BCUT2D eigenvalue weighted by molar-refractivity contribution is 0.457. The number of hydrogen-bond acceptors (Lipinski definition) is 6. The summed E-state index contributed by atoms with van der Waals surface area (Å²) in [6.45, 7) is 3.55. The van der Waals surface area contributed by atoms with Gasteiger partial charge in [-0.05, 0) is 43.2 Å². The van der Waals surface area contributed by atoms with Crippen molar-refractivity contribution in [1.82, 2.24) is 14.3 Å². The van der Waals surface area contributed by atoms with Gasteiger partial charge in [0.2, 0.25) is 16.0 Å². The first kappa shape index (κ1) is 20.2. The molecule has 2 N–H and O–H groups in total. The van der Waals surface area contributed by atoms with E-state index in [1.807, 2.05) is 19.1 Å². The molecule has 9 heteroatoms. The monoisotopic (exact) mass is 427 g/mol. The number of fused-ring (bicyclic) bond motifs is 1. The number of nitrogens with zero attached hydrogens (tertiary/aromatic N) is 4. The summed E-state index contributed by atoms with van der Waals surface area (Å²) in [5.41, 5.74) is 8.04. The maximum atomic E-state index is 14.8. The fourth-order valence-corrected chi connectivity index (χ4v) is 5.18. The molecule has 0 saturated carbocycles. The van der Waals surface area contributed by atoms with E-state index >= 15 is 0 Å². The Hall–Kier alpha value is -3.07. The summed E-state index contributed by atoms with van der Waals surface area (Å²) >= 11 is 0. The molecule has 0 amide bonds. The molecule has 0 saturated heterocycles. The molecule has 1 aliphatic heterocycles. The van der Waals surface area contributed by atoms with Crippen LogP contribution in [0.3, 0.4) is 0 Å². The van der Waals surface area contributed by atoms with E-state index in [0.717, 1.165) is 32.0 Å². The molecule has 30 heavy (non-hydrogen) atoms. The first-order valence-corrected chi connectivity index (χ1v) is 11.0. The number of benzene rings is 1. The highest BCUT2D eigenvalue weighted by Gasteiger charge is 2.41. The lowest BCUT2D eigenvalue weighted by atomic mass is 9.91. The number of hydrogen-bond donors (Lipinski definition) is 1. The summed E-state index contributed by atoms with van der Waals surface area (Å²) in [6, 6.07) is 8.56. The minimum absolute atomic E-state index is 0.163. The van der Waals surface area contributed by atoms with Crippen molar-refractivity contribution < 1.29 is 12.8 Å². The van der Waals surface area contributed by atoms with Gasteiger partial charge >= 0.3 is 0 Å². The highest BCUT2D eigenvalue weighted by molar-refractivity contribution is 7.89. The number of halogens is 1. The Bertz CT molecular complexity index is 1290. The molecule has 156 valence electrons. The molecule has 4 rings (SSSR count). The third-order valence-corrected chi connectivity index (χ3v) is 7.31. The second kappa shape index (κ2) is 7.02. The van der Waals surface area contributed by atoms with Gasteiger partial charge in [0.05, 0.1) is 17.0 Å². The SMILES string of the molecule is Cc1cnc2c(Cc3ccc(F)c([C@]4(C)CS(=O)(=O)N(C)C(N)=N4)c3)nccc2c1. The van der Waals surface area contributed by atoms with Gasteiger partial charge in [-0.1, -0.05) is 12.1 Å². The summed E-state index contributed by atoms with van der Waals surface area (Å²) in [6.07, 6.45) is 3.92. The Morgan fingerprint density at radius 2 is 2.00 bits per heavy atom. The number of nitrogens with two attached hydrogens (primary N) is 1. The predicted molar refractivity (Wildman–Crippen MR) is 114 cm³/mol. The van der Waals surface area contributed by atoms with E-state index in [4.69, 9.17) is 5.73 Å². The first-order chi connectivity index (χ1) is 14.1. The van der Waals surface area contributed by atoms with E-state index in [9.17, 15) is 12.8 Å². The zero-order valence-corrected chi connectivity index (χ0v) is 17.7. The topological polar surface area (TPSA) is 102 Å². The van der Waals surface area contributed by atoms with E-state index in [1.165, 1.54) is 13.1 Å². The number of guanidine groups is 1. The minimum Gasteiger partial charge on any atom is -0.369 e.